The summed E-state index contributed by atoms with van der Waals surface area (Å²) in [6.07, 6.45) is 0.420. The second-order valence-corrected chi connectivity index (χ2v) is 4.79. The van der Waals surface area contributed by atoms with Gasteiger partial charge in [0, 0.05) is 17.0 Å². The molecule has 0 aromatic carbocycles. The van der Waals surface area contributed by atoms with Crippen LogP contribution in [0.2, 0.25) is 0 Å². The van der Waals surface area contributed by atoms with Crippen molar-refractivity contribution in [3.63, 3.8) is 0 Å². The van der Waals surface area contributed by atoms with Gasteiger partial charge in [-0.15, -0.1) is 11.3 Å². The molecule has 1 unspecified atom stereocenters. The first kappa shape index (κ1) is 13.2. The molecule has 0 fully saturated rings. The Kier molecular flexibility index (Phi) is 5.49. The summed E-state index contributed by atoms with van der Waals surface area (Å²) >= 11 is 1.72. The van der Waals surface area contributed by atoms with Crippen molar-refractivity contribution in [1.29, 1.82) is 0 Å². The van der Waals surface area contributed by atoms with Gasteiger partial charge >= 0.3 is 5.97 Å². The topological polar surface area (TPSA) is 38.3 Å². The molecule has 1 rings (SSSR count). The third-order valence-corrected chi connectivity index (χ3v) is 3.34. The SMILES string of the molecule is CCOC(=O)CC(C)N[C@H](C)c1cccs1. The molecule has 0 saturated heterocycles. The lowest BCUT2D eigenvalue weighted by Crippen LogP contribution is -2.31. The zero-order valence-corrected chi connectivity index (χ0v) is 10.8. The summed E-state index contributed by atoms with van der Waals surface area (Å²) in [5, 5.41) is 5.44. The zero-order chi connectivity index (χ0) is 12.0. The molecule has 3 nitrogen and oxygen atoms in total. The molecule has 16 heavy (non-hydrogen) atoms. The second-order valence-electron chi connectivity index (χ2n) is 3.81. The standard InChI is InChI=1S/C12H19NO2S/c1-4-15-12(14)8-9(2)13-10(3)11-6-5-7-16-11/h5-7,9-10,13H,4,8H2,1-3H3/t9?,10-/m1/s1. The summed E-state index contributed by atoms with van der Waals surface area (Å²) in [7, 11) is 0. The van der Waals surface area contributed by atoms with Gasteiger partial charge in [-0.25, -0.2) is 0 Å². The fourth-order valence-electron chi connectivity index (χ4n) is 1.58. The molecule has 2 atom stereocenters. The van der Waals surface area contributed by atoms with Crippen molar-refractivity contribution in [3.05, 3.63) is 22.4 Å². The summed E-state index contributed by atoms with van der Waals surface area (Å²) in [4.78, 5) is 12.5. The van der Waals surface area contributed by atoms with Gasteiger partial charge in [0.05, 0.1) is 13.0 Å². The third kappa shape index (κ3) is 4.33. The predicted octanol–water partition coefficient (Wildman–Crippen LogP) is 2.74. The average molecular weight is 241 g/mol. The number of rotatable bonds is 6. The average Bonchev–Trinajstić information content (AvgIpc) is 2.69. The smallest absolute Gasteiger partial charge is 0.307 e. The molecule has 1 aromatic rings. The van der Waals surface area contributed by atoms with E-state index in [1.807, 2.05) is 19.9 Å². The summed E-state index contributed by atoms with van der Waals surface area (Å²) < 4.78 is 4.91. The van der Waals surface area contributed by atoms with Crippen molar-refractivity contribution in [2.75, 3.05) is 6.61 Å². The van der Waals surface area contributed by atoms with Gasteiger partial charge < -0.3 is 10.1 Å². The van der Waals surface area contributed by atoms with E-state index in [0.717, 1.165) is 0 Å². The van der Waals surface area contributed by atoms with Gasteiger partial charge in [0.25, 0.3) is 0 Å². The van der Waals surface area contributed by atoms with Gasteiger partial charge in [-0.1, -0.05) is 6.07 Å². The highest BCUT2D eigenvalue weighted by Gasteiger charge is 2.13. The highest BCUT2D eigenvalue weighted by Crippen LogP contribution is 2.18. The van der Waals surface area contributed by atoms with Gasteiger partial charge in [-0.05, 0) is 32.2 Å². The molecule has 90 valence electrons. The molecule has 1 heterocycles. The first-order chi connectivity index (χ1) is 7.63. The van der Waals surface area contributed by atoms with E-state index in [2.05, 4.69) is 23.7 Å². The van der Waals surface area contributed by atoms with E-state index in [-0.39, 0.29) is 18.1 Å². The molecule has 0 amide bonds. The van der Waals surface area contributed by atoms with Crippen LogP contribution < -0.4 is 5.32 Å². The van der Waals surface area contributed by atoms with E-state index in [4.69, 9.17) is 4.74 Å². The zero-order valence-electron chi connectivity index (χ0n) is 10.0. The molecule has 0 radical (unpaired) electrons. The van der Waals surface area contributed by atoms with Crippen molar-refractivity contribution in [3.8, 4) is 0 Å². The second kappa shape index (κ2) is 6.66. The number of carbonyl (C=O) groups is 1. The Morgan fingerprint density at radius 3 is 2.88 bits per heavy atom. The minimum atomic E-state index is -0.138. The molecule has 1 aromatic heterocycles. The molecule has 0 bridgehead atoms. The minimum Gasteiger partial charge on any atom is -0.466 e. The fourth-order valence-corrected chi connectivity index (χ4v) is 2.32. The van der Waals surface area contributed by atoms with E-state index < -0.39 is 0 Å². The van der Waals surface area contributed by atoms with Gasteiger partial charge in [0.15, 0.2) is 0 Å². The Balaban J connectivity index is 2.34. The monoisotopic (exact) mass is 241 g/mol. The number of carbonyl (C=O) groups excluding carboxylic acids is 1. The number of hydrogen-bond donors (Lipinski definition) is 1. The van der Waals surface area contributed by atoms with Crippen LogP contribution in [0, 0.1) is 0 Å². The lowest BCUT2D eigenvalue weighted by atomic mass is 10.2. The maximum Gasteiger partial charge on any atom is 0.307 e. The fraction of sp³-hybridized carbons (Fsp3) is 0.583. The van der Waals surface area contributed by atoms with Crippen LogP contribution in [0.1, 0.15) is 38.1 Å². The summed E-state index contributed by atoms with van der Waals surface area (Å²) in [6, 6.07) is 4.55. The van der Waals surface area contributed by atoms with Crippen LogP contribution in [0.25, 0.3) is 0 Å². The predicted molar refractivity (Wildman–Crippen MR) is 66.6 cm³/mol. The van der Waals surface area contributed by atoms with E-state index >= 15 is 0 Å². The molecular formula is C12H19NO2S. The molecule has 1 N–H and O–H groups in total. The molecular weight excluding hydrogens is 222 g/mol. The lowest BCUT2D eigenvalue weighted by Gasteiger charge is -2.18. The Morgan fingerprint density at radius 1 is 1.56 bits per heavy atom. The van der Waals surface area contributed by atoms with Crippen molar-refractivity contribution in [1.82, 2.24) is 5.32 Å². The Morgan fingerprint density at radius 2 is 2.31 bits per heavy atom. The first-order valence-corrected chi connectivity index (χ1v) is 6.46. The van der Waals surface area contributed by atoms with E-state index in [9.17, 15) is 4.79 Å². The molecule has 0 aliphatic heterocycles. The first-order valence-electron chi connectivity index (χ1n) is 5.58. The van der Waals surface area contributed by atoms with Crippen LogP contribution in [0.4, 0.5) is 0 Å². The van der Waals surface area contributed by atoms with Gasteiger partial charge in [-0.2, -0.15) is 0 Å². The van der Waals surface area contributed by atoms with Gasteiger partial charge in [-0.3, -0.25) is 4.79 Å². The molecule has 0 aliphatic rings. The van der Waals surface area contributed by atoms with Crippen LogP contribution in [0.3, 0.4) is 0 Å². The minimum absolute atomic E-state index is 0.135. The van der Waals surface area contributed by atoms with Crippen LogP contribution in [0.15, 0.2) is 17.5 Å². The lowest BCUT2D eigenvalue weighted by molar-refractivity contribution is -0.143. The normalized spacial score (nSPS) is 14.4. The highest BCUT2D eigenvalue weighted by molar-refractivity contribution is 7.10. The number of ether oxygens (including phenoxy) is 1. The van der Waals surface area contributed by atoms with E-state index in [1.54, 1.807) is 11.3 Å². The Bertz CT molecular complexity index is 311. The number of hydrogen-bond acceptors (Lipinski definition) is 4. The van der Waals surface area contributed by atoms with Crippen molar-refractivity contribution in [2.24, 2.45) is 0 Å². The molecule has 4 heteroatoms. The maximum absolute atomic E-state index is 11.3. The van der Waals surface area contributed by atoms with Crippen LogP contribution >= 0.6 is 11.3 Å². The quantitative estimate of drug-likeness (QED) is 0.778. The molecule has 0 saturated carbocycles. The summed E-state index contributed by atoms with van der Waals surface area (Å²) in [6.45, 7) is 6.38. The van der Waals surface area contributed by atoms with E-state index in [0.29, 0.717) is 13.0 Å². The van der Waals surface area contributed by atoms with Gasteiger partial charge in [0.1, 0.15) is 0 Å². The Hall–Kier alpha value is -0.870. The highest BCUT2D eigenvalue weighted by atomic mass is 32.1. The summed E-state index contributed by atoms with van der Waals surface area (Å²) in [5.74, 6) is -0.138. The molecule has 0 spiro atoms. The van der Waals surface area contributed by atoms with Crippen molar-refractivity contribution >= 4 is 17.3 Å². The van der Waals surface area contributed by atoms with Crippen molar-refractivity contribution < 1.29 is 9.53 Å². The number of thiophene rings is 1. The largest absolute Gasteiger partial charge is 0.466 e. The summed E-state index contributed by atoms with van der Waals surface area (Å²) in [5.41, 5.74) is 0. The third-order valence-electron chi connectivity index (χ3n) is 2.28. The maximum atomic E-state index is 11.3. The van der Waals surface area contributed by atoms with Crippen LogP contribution in [0.5, 0.6) is 0 Å². The Labute approximate surface area is 101 Å². The number of nitrogens with one attached hydrogen (secondary N) is 1. The van der Waals surface area contributed by atoms with Crippen LogP contribution in [-0.2, 0) is 9.53 Å². The molecule has 0 aliphatic carbocycles. The van der Waals surface area contributed by atoms with Crippen molar-refractivity contribution in [2.45, 2.75) is 39.3 Å². The van der Waals surface area contributed by atoms with E-state index in [1.165, 1.54) is 4.88 Å². The number of esters is 1. The van der Waals surface area contributed by atoms with Gasteiger partial charge in [0.2, 0.25) is 0 Å². The van der Waals surface area contributed by atoms with Crippen LogP contribution in [-0.4, -0.2) is 18.6 Å².